The van der Waals surface area contributed by atoms with Crippen LogP contribution < -0.4 is 0 Å². The number of hydrogen-bond acceptors (Lipinski definition) is 1. The van der Waals surface area contributed by atoms with Crippen molar-refractivity contribution in [1.82, 2.24) is 0 Å². The van der Waals surface area contributed by atoms with Crippen molar-refractivity contribution < 1.29 is 0 Å². The fourth-order valence-electron chi connectivity index (χ4n) is 1.72. The topological polar surface area (TPSA) is 12.4 Å². The Morgan fingerprint density at radius 2 is 1.61 bits per heavy atom. The number of rotatable bonds is 5. The van der Waals surface area contributed by atoms with Crippen LogP contribution in [0, 0.1) is 0 Å². The molecule has 0 aromatic heterocycles. The van der Waals surface area contributed by atoms with Crippen LogP contribution in [0.2, 0.25) is 5.02 Å². The number of aliphatic imine (C=N–C) groups is 1. The molecule has 0 aliphatic heterocycles. The lowest BCUT2D eigenvalue weighted by atomic mass is 10.1. The quantitative estimate of drug-likeness (QED) is 0.712. The first-order chi connectivity index (χ1) is 8.84. The molecule has 0 heterocycles. The van der Waals surface area contributed by atoms with Crippen molar-refractivity contribution in [2.75, 3.05) is 6.54 Å². The zero-order chi connectivity index (χ0) is 12.6. The van der Waals surface area contributed by atoms with Crippen molar-refractivity contribution >= 4 is 17.8 Å². The fourth-order valence-corrected chi connectivity index (χ4v) is 1.85. The predicted molar refractivity (Wildman–Crippen MR) is 78.7 cm³/mol. The van der Waals surface area contributed by atoms with Crippen LogP contribution in [0.5, 0.6) is 0 Å². The Balaban J connectivity index is 1.74. The van der Waals surface area contributed by atoms with E-state index in [0.717, 1.165) is 24.4 Å². The van der Waals surface area contributed by atoms with Crippen LogP contribution in [-0.2, 0) is 12.8 Å². The molecule has 0 amide bonds. The molecule has 2 rings (SSSR count). The summed E-state index contributed by atoms with van der Waals surface area (Å²) in [4.78, 5) is 4.43. The monoisotopic (exact) mass is 257 g/mol. The van der Waals surface area contributed by atoms with Crippen molar-refractivity contribution in [1.29, 1.82) is 0 Å². The zero-order valence-corrected chi connectivity index (χ0v) is 11.0. The second-order valence-corrected chi connectivity index (χ2v) is 4.59. The van der Waals surface area contributed by atoms with Gasteiger partial charge >= 0.3 is 0 Å². The summed E-state index contributed by atoms with van der Waals surface area (Å²) in [5.41, 5.74) is 2.57. The van der Waals surface area contributed by atoms with E-state index < -0.39 is 0 Å². The lowest BCUT2D eigenvalue weighted by molar-refractivity contribution is 0.969. The predicted octanol–water partition coefficient (Wildman–Crippen LogP) is 4.20. The van der Waals surface area contributed by atoms with Gasteiger partial charge in [0, 0.05) is 24.2 Å². The van der Waals surface area contributed by atoms with Gasteiger partial charge in [-0.05, 0) is 29.7 Å². The second-order valence-electron chi connectivity index (χ2n) is 4.15. The summed E-state index contributed by atoms with van der Waals surface area (Å²) in [5.74, 6) is 0. The van der Waals surface area contributed by atoms with Crippen LogP contribution in [0.25, 0.3) is 0 Å². The maximum absolute atomic E-state index is 5.83. The molecule has 0 aliphatic rings. The Bertz CT molecular complexity index is 488. The molecule has 0 saturated carbocycles. The van der Waals surface area contributed by atoms with Crippen molar-refractivity contribution in [3.05, 3.63) is 70.7 Å². The van der Waals surface area contributed by atoms with Gasteiger partial charge in [0.2, 0.25) is 0 Å². The summed E-state index contributed by atoms with van der Waals surface area (Å²) < 4.78 is 0. The van der Waals surface area contributed by atoms with E-state index in [-0.39, 0.29) is 0 Å². The van der Waals surface area contributed by atoms with Gasteiger partial charge in [0.1, 0.15) is 0 Å². The van der Waals surface area contributed by atoms with E-state index in [4.69, 9.17) is 11.6 Å². The molecule has 0 atom stereocenters. The minimum atomic E-state index is 0.784. The molecule has 0 saturated heterocycles. The Morgan fingerprint density at radius 1 is 0.889 bits per heavy atom. The minimum absolute atomic E-state index is 0.784. The third kappa shape index (κ3) is 4.34. The Hall–Kier alpha value is -1.60. The summed E-state index contributed by atoms with van der Waals surface area (Å²) >= 11 is 5.83. The second kappa shape index (κ2) is 6.97. The highest BCUT2D eigenvalue weighted by Gasteiger charge is 1.92. The van der Waals surface area contributed by atoms with E-state index in [1.165, 1.54) is 11.1 Å². The Kier molecular flexibility index (Phi) is 4.98. The first-order valence-corrected chi connectivity index (χ1v) is 6.49. The van der Waals surface area contributed by atoms with E-state index >= 15 is 0 Å². The zero-order valence-electron chi connectivity index (χ0n) is 10.2. The first-order valence-electron chi connectivity index (χ1n) is 6.11. The van der Waals surface area contributed by atoms with Gasteiger partial charge < -0.3 is 0 Å². The van der Waals surface area contributed by atoms with Gasteiger partial charge in [-0.3, -0.25) is 4.99 Å². The summed E-state index contributed by atoms with van der Waals surface area (Å²) in [7, 11) is 0. The van der Waals surface area contributed by atoms with Gasteiger partial charge in [0.25, 0.3) is 0 Å². The lowest BCUT2D eigenvalue weighted by Crippen LogP contribution is -1.91. The molecule has 0 radical (unpaired) electrons. The van der Waals surface area contributed by atoms with Gasteiger partial charge in [-0.15, -0.1) is 0 Å². The third-order valence-electron chi connectivity index (χ3n) is 2.74. The number of halogens is 1. The van der Waals surface area contributed by atoms with E-state index in [1.54, 1.807) is 0 Å². The highest BCUT2D eigenvalue weighted by atomic mass is 35.5. The molecule has 2 heteroatoms. The van der Waals surface area contributed by atoms with Crippen LogP contribution in [0.15, 0.2) is 59.6 Å². The normalized spacial score (nSPS) is 10.9. The van der Waals surface area contributed by atoms with Crippen LogP contribution in [-0.4, -0.2) is 12.8 Å². The molecule has 0 spiro atoms. The molecule has 18 heavy (non-hydrogen) atoms. The smallest absolute Gasteiger partial charge is 0.0425 e. The maximum Gasteiger partial charge on any atom is 0.0425 e. The summed E-state index contributed by atoms with van der Waals surface area (Å²) in [6.07, 6.45) is 3.86. The molecule has 0 unspecified atom stereocenters. The van der Waals surface area contributed by atoms with Gasteiger partial charge in [0.05, 0.1) is 0 Å². The Morgan fingerprint density at radius 3 is 2.33 bits per heavy atom. The van der Waals surface area contributed by atoms with Crippen LogP contribution in [0.1, 0.15) is 11.1 Å². The maximum atomic E-state index is 5.83. The highest BCUT2D eigenvalue weighted by Crippen LogP contribution is 2.09. The van der Waals surface area contributed by atoms with E-state index in [9.17, 15) is 0 Å². The fraction of sp³-hybridized carbons (Fsp3) is 0.188. The van der Waals surface area contributed by atoms with Crippen LogP contribution in [0.3, 0.4) is 0 Å². The Labute approximate surface area is 113 Å². The molecule has 0 bridgehead atoms. The molecule has 0 fully saturated rings. The highest BCUT2D eigenvalue weighted by molar-refractivity contribution is 6.30. The lowest BCUT2D eigenvalue weighted by Gasteiger charge is -1.98. The molecular formula is C16H16ClN. The molecule has 2 aromatic carbocycles. The standard InChI is InChI=1S/C16H16ClN/c17-16-8-6-15(7-9-16)11-13-18-12-10-14-4-2-1-3-5-14/h1-9,12H,10-11,13H2. The number of benzene rings is 2. The first kappa shape index (κ1) is 12.8. The largest absolute Gasteiger partial charge is 0.297 e. The number of hydrogen-bond donors (Lipinski definition) is 0. The van der Waals surface area contributed by atoms with Crippen molar-refractivity contribution in [3.8, 4) is 0 Å². The molecular weight excluding hydrogens is 242 g/mol. The van der Waals surface area contributed by atoms with E-state index in [2.05, 4.69) is 41.4 Å². The number of nitrogens with zero attached hydrogens (tertiary/aromatic N) is 1. The van der Waals surface area contributed by atoms with E-state index in [1.807, 2.05) is 24.4 Å². The minimum Gasteiger partial charge on any atom is -0.297 e. The van der Waals surface area contributed by atoms with E-state index in [0.29, 0.717) is 0 Å². The van der Waals surface area contributed by atoms with Crippen LogP contribution in [0.4, 0.5) is 0 Å². The van der Waals surface area contributed by atoms with Gasteiger partial charge in [0.15, 0.2) is 0 Å². The molecule has 0 N–H and O–H groups in total. The van der Waals surface area contributed by atoms with Gasteiger partial charge in [-0.2, -0.15) is 0 Å². The molecule has 92 valence electrons. The summed E-state index contributed by atoms with van der Waals surface area (Å²) in [6.45, 7) is 0.828. The summed E-state index contributed by atoms with van der Waals surface area (Å²) in [6, 6.07) is 18.3. The van der Waals surface area contributed by atoms with Crippen molar-refractivity contribution in [2.24, 2.45) is 4.99 Å². The molecule has 0 aliphatic carbocycles. The molecule has 2 aromatic rings. The van der Waals surface area contributed by atoms with Crippen molar-refractivity contribution in [2.45, 2.75) is 12.8 Å². The van der Waals surface area contributed by atoms with Crippen LogP contribution >= 0.6 is 11.6 Å². The third-order valence-corrected chi connectivity index (χ3v) is 2.99. The molecule has 1 nitrogen and oxygen atoms in total. The van der Waals surface area contributed by atoms with Gasteiger partial charge in [-0.25, -0.2) is 0 Å². The average molecular weight is 258 g/mol. The SMILES string of the molecule is Clc1ccc(CCN=CCc2ccccc2)cc1. The van der Waals surface area contributed by atoms with Crippen molar-refractivity contribution in [3.63, 3.8) is 0 Å². The summed E-state index contributed by atoms with van der Waals surface area (Å²) in [5, 5.41) is 0.784. The van der Waals surface area contributed by atoms with Gasteiger partial charge in [-0.1, -0.05) is 54.1 Å². The average Bonchev–Trinajstić information content (AvgIpc) is 2.42.